The van der Waals surface area contributed by atoms with Crippen LogP contribution in [0, 0.1) is 0 Å². The standard InChI is InChI=1S/C11H26N2O/c1-11(2,3)12-7-9-13(4)8-5-6-10-14/h12,14H,5-10H2,1-4H3. The summed E-state index contributed by atoms with van der Waals surface area (Å²) in [5.74, 6) is 0. The van der Waals surface area contributed by atoms with Gasteiger partial charge in [-0.1, -0.05) is 0 Å². The van der Waals surface area contributed by atoms with E-state index in [-0.39, 0.29) is 5.54 Å². The van der Waals surface area contributed by atoms with E-state index < -0.39 is 0 Å². The third-order valence-electron chi connectivity index (χ3n) is 2.10. The van der Waals surface area contributed by atoms with Gasteiger partial charge in [-0.25, -0.2) is 0 Å². The van der Waals surface area contributed by atoms with Gasteiger partial charge in [0, 0.05) is 25.2 Å². The zero-order chi connectivity index (χ0) is 11.0. The minimum atomic E-state index is 0.214. The quantitative estimate of drug-likeness (QED) is 0.606. The van der Waals surface area contributed by atoms with Crippen LogP contribution >= 0.6 is 0 Å². The third kappa shape index (κ3) is 9.96. The Hall–Kier alpha value is -0.120. The molecule has 0 saturated heterocycles. The van der Waals surface area contributed by atoms with Crippen LogP contribution in [-0.2, 0) is 0 Å². The SMILES string of the molecule is CN(CCCCO)CCNC(C)(C)C. The van der Waals surface area contributed by atoms with E-state index in [0.29, 0.717) is 6.61 Å². The van der Waals surface area contributed by atoms with Gasteiger partial charge in [-0.15, -0.1) is 0 Å². The minimum absolute atomic E-state index is 0.214. The van der Waals surface area contributed by atoms with Crippen molar-refractivity contribution in [1.82, 2.24) is 10.2 Å². The van der Waals surface area contributed by atoms with E-state index in [4.69, 9.17) is 5.11 Å². The van der Waals surface area contributed by atoms with E-state index >= 15 is 0 Å². The summed E-state index contributed by atoms with van der Waals surface area (Å²) in [4.78, 5) is 2.30. The smallest absolute Gasteiger partial charge is 0.0431 e. The van der Waals surface area contributed by atoms with E-state index in [2.05, 4.69) is 38.0 Å². The second kappa shape index (κ2) is 7.21. The van der Waals surface area contributed by atoms with Crippen LogP contribution < -0.4 is 5.32 Å². The summed E-state index contributed by atoms with van der Waals surface area (Å²) in [6.45, 7) is 10.0. The fraction of sp³-hybridized carbons (Fsp3) is 1.00. The monoisotopic (exact) mass is 202 g/mol. The van der Waals surface area contributed by atoms with Gasteiger partial charge in [0.05, 0.1) is 0 Å². The van der Waals surface area contributed by atoms with Crippen molar-refractivity contribution in [3.8, 4) is 0 Å². The Morgan fingerprint density at radius 2 is 1.79 bits per heavy atom. The molecule has 0 aliphatic carbocycles. The first-order valence-electron chi connectivity index (χ1n) is 5.50. The van der Waals surface area contributed by atoms with Gasteiger partial charge >= 0.3 is 0 Å². The van der Waals surface area contributed by atoms with Crippen LogP contribution in [0.15, 0.2) is 0 Å². The van der Waals surface area contributed by atoms with Crippen molar-refractivity contribution in [3.63, 3.8) is 0 Å². The molecule has 0 unspecified atom stereocenters. The van der Waals surface area contributed by atoms with Crippen LogP contribution in [0.1, 0.15) is 33.6 Å². The van der Waals surface area contributed by atoms with Crippen LogP contribution in [-0.4, -0.2) is 48.8 Å². The Balaban J connectivity index is 3.31. The van der Waals surface area contributed by atoms with Gasteiger partial charge < -0.3 is 15.3 Å². The number of aliphatic hydroxyl groups excluding tert-OH is 1. The number of nitrogens with zero attached hydrogens (tertiary/aromatic N) is 1. The zero-order valence-corrected chi connectivity index (χ0v) is 10.1. The predicted octanol–water partition coefficient (Wildman–Crippen LogP) is 1.08. The molecule has 0 aromatic carbocycles. The first-order chi connectivity index (χ1) is 6.45. The molecule has 0 radical (unpaired) electrons. The molecule has 0 aliphatic heterocycles. The van der Waals surface area contributed by atoms with E-state index in [1.807, 2.05) is 0 Å². The molecule has 3 nitrogen and oxygen atoms in total. The molecule has 0 fully saturated rings. The second-order valence-electron chi connectivity index (χ2n) is 4.91. The summed E-state index contributed by atoms with van der Waals surface area (Å²) in [6, 6.07) is 0. The number of nitrogens with one attached hydrogen (secondary N) is 1. The lowest BCUT2D eigenvalue weighted by molar-refractivity contribution is 0.260. The molecule has 0 rings (SSSR count). The lowest BCUT2D eigenvalue weighted by atomic mass is 10.1. The van der Waals surface area contributed by atoms with Gasteiger partial charge in [-0.2, -0.15) is 0 Å². The lowest BCUT2D eigenvalue weighted by Gasteiger charge is -2.23. The first kappa shape index (κ1) is 13.9. The van der Waals surface area contributed by atoms with Crippen molar-refractivity contribution in [2.75, 3.05) is 33.3 Å². The van der Waals surface area contributed by atoms with Crippen molar-refractivity contribution in [3.05, 3.63) is 0 Å². The first-order valence-corrected chi connectivity index (χ1v) is 5.50. The average molecular weight is 202 g/mol. The van der Waals surface area contributed by atoms with Gasteiger partial charge in [-0.3, -0.25) is 0 Å². The fourth-order valence-corrected chi connectivity index (χ4v) is 1.23. The van der Waals surface area contributed by atoms with Crippen molar-refractivity contribution in [2.45, 2.75) is 39.2 Å². The molecule has 0 amide bonds. The molecule has 86 valence electrons. The largest absolute Gasteiger partial charge is 0.396 e. The van der Waals surface area contributed by atoms with Gasteiger partial charge in [-0.05, 0) is 47.2 Å². The lowest BCUT2D eigenvalue weighted by Crippen LogP contribution is -2.40. The molecular formula is C11H26N2O. The topological polar surface area (TPSA) is 35.5 Å². The van der Waals surface area contributed by atoms with Crippen LogP contribution in [0.3, 0.4) is 0 Å². The molecule has 0 bridgehead atoms. The molecule has 2 N–H and O–H groups in total. The second-order valence-corrected chi connectivity index (χ2v) is 4.91. The molecule has 0 atom stereocenters. The van der Waals surface area contributed by atoms with Gasteiger partial charge in [0.15, 0.2) is 0 Å². The highest BCUT2D eigenvalue weighted by Crippen LogP contribution is 1.97. The highest BCUT2D eigenvalue weighted by atomic mass is 16.2. The fourth-order valence-electron chi connectivity index (χ4n) is 1.23. The van der Waals surface area contributed by atoms with Crippen LogP contribution in [0.5, 0.6) is 0 Å². The van der Waals surface area contributed by atoms with Crippen LogP contribution in [0.4, 0.5) is 0 Å². The summed E-state index contributed by atoms with van der Waals surface area (Å²) in [7, 11) is 2.13. The number of likely N-dealkylation sites (N-methyl/N-ethyl adjacent to an activating group) is 1. The van der Waals surface area contributed by atoms with Gasteiger partial charge in [0.2, 0.25) is 0 Å². The summed E-state index contributed by atoms with van der Waals surface area (Å²) in [5.41, 5.74) is 0.214. The van der Waals surface area contributed by atoms with Crippen LogP contribution in [0.2, 0.25) is 0 Å². The Morgan fingerprint density at radius 1 is 1.14 bits per heavy atom. The van der Waals surface area contributed by atoms with Crippen molar-refractivity contribution >= 4 is 0 Å². The third-order valence-corrected chi connectivity index (χ3v) is 2.10. The van der Waals surface area contributed by atoms with Crippen molar-refractivity contribution < 1.29 is 5.11 Å². The normalized spacial score (nSPS) is 12.4. The van der Waals surface area contributed by atoms with Gasteiger partial charge in [0.25, 0.3) is 0 Å². The van der Waals surface area contributed by atoms with E-state index in [9.17, 15) is 0 Å². The molecule has 0 saturated carbocycles. The molecule has 0 heterocycles. The number of aliphatic hydroxyl groups is 1. The Labute approximate surface area is 88.5 Å². The number of unbranched alkanes of at least 4 members (excludes halogenated alkanes) is 1. The summed E-state index contributed by atoms with van der Waals surface area (Å²) < 4.78 is 0. The van der Waals surface area contributed by atoms with Crippen LogP contribution in [0.25, 0.3) is 0 Å². The van der Waals surface area contributed by atoms with Crippen molar-refractivity contribution in [2.24, 2.45) is 0 Å². The molecule has 0 aliphatic rings. The summed E-state index contributed by atoms with van der Waals surface area (Å²) >= 11 is 0. The number of hydrogen-bond acceptors (Lipinski definition) is 3. The van der Waals surface area contributed by atoms with E-state index in [0.717, 1.165) is 32.5 Å². The minimum Gasteiger partial charge on any atom is -0.396 e. The molecule has 3 heteroatoms. The molecule has 0 spiro atoms. The highest BCUT2D eigenvalue weighted by Gasteiger charge is 2.07. The molecule has 14 heavy (non-hydrogen) atoms. The van der Waals surface area contributed by atoms with Crippen molar-refractivity contribution in [1.29, 1.82) is 0 Å². The Kier molecular flexibility index (Phi) is 7.15. The predicted molar refractivity (Wildman–Crippen MR) is 61.6 cm³/mol. The Bertz CT molecular complexity index is 132. The maximum atomic E-state index is 8.63. The van der Waals surface area contributed by atoms with E-state index in [1.54, 1.807) is 0 Å². The van der Waals surface area contributed by atoms with Gasteiger partial charge in [0.1, 0.15) is 0 Å². The highest BCUT2D eigenvalue weighted by molar-refractivity contribution is 4.70. The molecule has 0 aromatic rings. The number of hydrogen-bond donors (Lipinski definition) is 2. The molecular weight excluding hydrogens is 176 g/mol. The summed E-state index contributed by atoms with van der Waals surface area (Å²) in [5, 5.41) is 12.1. The Morgan fingerprint density at radius 3 is 2.29 bits per heavy atom. The molecule has 0 aromatic heterocycles. The maximum absolute atomic E-state index is 8.63. The zero-order valence-electron chi connectivity index (χ0n) is 10.1. The average Bonchev–Trinajstić information content (AvgIpc) is 2.02. The van der Waals surface area contributed by atoms with E-state index in [1.165, 1.54) is 0 Å². The summed E-state index contributed by atoms with van der Waals surface area (Å²) in [6.07, 6.45) is 2.00. The number of rotatable bonds is 7. The maximum Gasteiger partial charge on any atom is 0.0431 e.